The van der Waals surface area contributed by atoms with E-state index in [-0.39, 0.29) is 48.9 Å². The summed E-state index contributed by atoms with van der Waals surface area (Å²) in [5.41, 5.74) is 0.620. The number of nitro groups is 1. The Kier molecular flexibility index (Phi) is 9.54. The van der Waals surface area contributed by atoms with Gasteiger partial charge in [0.2, 0.25) is 10.0 Å². The standard InChI is InChI=1S/C23H27BrN4O7S2/c1-3-19-17-21(28(29)30)18-22(23(19)26(10-9-24)15-16-35-36(2,31)32)37(33,34)27-13-11-25(12-14-27)20-7-5-4-6-8-20/h1,4-8,17-18H,9-16H2,2H3. The van der Waals surface area contributed by atoms with Crippen molar-refractivity contribution in [2.75, 3.05) is 67.3 Å². The fourth-order valence-electron chi connectivity index (χ4n) is 4.03. The van der Waals surface area contributed by atoms with Crippen LogP contribution in [0.3, 0.4) is 0 Å². The Morgan fingerprint density at radius 3 is 2.30 bits per heavy atom. The molecule has 0 radical (unpaired) electrons. The molecule has 37 heavy (non-hydrogen) atoms. The summed E-state index contributed by atoms with van der Waals surface area (Å²) in [5, 5.41) is 12.0. The molecule has 0 aliphatic carbocycles. The zero-order valence-corrected chi connectivity index (χ0v) is 23.3. The van der Waals surface area contributed by atoms with Gasteiger partial charge in [0.15, 0.2) is 0 Å². The van der Waals surface area contributed by atoms with Gasteiger partial charge in [0.25, 0.3) is 15.8 Å². The first-order valence-corrected chi connectivity index (χ1v) is 15.6. The number of halogens is 1. The van der Waals surface area contributed by atoms with Crippen LogP contribution in [0.4, 0.5) is 17.1 Å². The first kappa shape index (κ1) is 28.9. The summed E-state index contributed by atoms with van der Waals surface area (Å²) >= 11 is 3.32. The molecule has 1 fully saturated rings. The number of benzene rings is 2. The summed E-state index contributed by atoms with van der Waals surface area (Å²) < 4.78 is 56.8. The number of piperazine rings is 1. The molecule has 1 aliphatic heterocycles. The number of anilines is 2. The number of rotatable bonds is 11. The molecule has 0 spiro atoms. The Hall–Kier alpha value is -2.70. The fourth-order valence-corrected chi connectivity index (χ4v) is 6.51. The van der Waals surface area contributed by atoms with Crippen LogP contribution in [0, 0.1) is 22.5 Å². The number of non-ortho nitro benzene ring substituents is 1. The van der Waals surface area contributed by atoms with Gasteiger partial charge < -0.3 is 9.80 Å². The number of hydrogen-bond donors (Lipinski definition) is 0. The number of sulfonamides is 1. The average Bonchev–Trinajstić information content (AvgIpc) is 2.87. The quantitative estimate of drug-likeness (QED) is 0.123. The van der Waals surface area contributed by atoms with Crippen LogP contribution in [0.1, 0.15) is 5.56 Å². The van der Waals surface area contributed by atoms with Crippen molar-refractivity contribution in [1.29, 1.82) is 0 Å². The van der Waals surface area contributed by atoms with Crippen molar-refractivity contribution in [3.63, 3.8) is 0 Å². The molecule has 14 heteroatoms. The Balaban J connectivity index is 2.02. The van der Waals surface area contributed by atoms with Crippen molar-refractivity contribution >= 4 is 53.1 Å². The molecule has 0 amide bonds. The summed E-state index contributed by atoms with van der Waals surface area (Å²) in [6.45, 7) is 1.16. The summed E-state index contributed by atoms with van der Waals surface area (Å²) in [5.74, 6) is 2.37. The molecule has 11 nitrogen and oxygen atoms in total. The third-order valence-corrected chi connectivity index (χ3v) is 8.59. The van der Waals surface area contributed by atoms with Crippen LogP contribution in [0.15, 0.2) is 47.4 Å². The van der Waals surface area contributed by atoms with E-state index in [0.717, 1.165) is 24.1 Å². The van der Waals surface area contributed by atoms with E-state index in [4.69, 9.17) is 10.6 Å². The van der Waals surface area contributed by atoms with E-state index in [1.165, 1.54) is 4.31 Å². The van der Waals surface area contributed by atoms with E-state index in [0.29, 0.717) is 18.4 Å². The predicted octanol–water partition coefficient (Wildman–Crippen LogP) is 2.26. The Bertz CT molecular complexity index is 1370. The third-order valence-electron chi connectivity index (χ3n) is 5.73. The van der Waals surface area contributed by atoms with Gasteiger partial charge in [-0.25, -0.2) is 8.42 Å². The van der Waals surface area contributed by atoms with Crippen molar-refractivity contribution in [2.45, 2.75) is 4.90 Å². The van der Waals surface area contributed by atoms with Crippen LogP contribution in [-0.4, -0.2) is 83.5 Å². The molecule has 1 aliphatic rings. The highest BCUT2D eigenvalue weighted by atomic mass is 79.9. The van der Waals surface area contributed by atoms with E-state index in [9.17, 15) is 26.9 Å². The monoisotopic (exact) mass is 614 g/mol. The highest BCUT2D eigenvalue weighted by molar-refractivity contribution is 9.09. The van der Waals surface area contributed by atoms with E-state index in [1.54, 1.807) is 4.90 Å². The number of para-hydroxylation sites is 1. The predicted molar refractivity (Wildman–Crippen MR) is 145 cm³/mol. The van der Waals surface area contributed by atoms with Gasteiger partial charge in [-0.05, 0) is 12.1 Å². The lowest BCUT2D eigenvalue weighted by molar-refractivity contribution is -0.385. The van der Waals surface area contributed by atoms with E-state index >= 15 is 0 Å². The van der Waals surface area contributed by atoms with Crippen molar-refractivity contribution in [3.05, 3.63) is 58.1 Å². The van der Waals surface area contributed by atoms with Crippen LogP contribution in [-0.2, 0) is 24.3 Å². The Labute approximate surface area is 225 Å². The molecule has 2 aromatic rings. The van der Waals surface area contributed by atoms with Crippen molar-refractivity contribution < 1.29 is 25.9 Å². The van der Waals surface area contributed by atoms with Crippen LogP contribution in [0.25, 0.3) is 0 Å². The first-order valence-electron chi connectivity index (χ1n) is 11.2. The van der Waals surface area contributed by atoms with Gasteiger partial charge in [-0.1, -0.05) is 40.0 Å². The molecule has 0 N–H and O–H groups in total. The maximum Gasteiger partial charge on any atom is 0.272 e. The zero-order valence-electron chi connectivity index (χ0n) is 20.1. The summed E-state index contributed by atoms with van der Waals surface area (Å²) in [6.07, 6.45) is 6.58. The van der Waals surface area contributed by atoms with Gasteiger partial charge in [-0.2, -0.15) is 12.7 Å². The third kappa shape index (κ3) is 7.20. The number of nitrogens with zero attached hydrogens (tertiary/aromatic N) is 4. The van der Waals surface area contributed by atoms with Gasteiger partial charge >= 0.3 is 0 Å². The zero-order chi connectivity index (χ0) is 27.2. The minimum Gasteiger partial charge on any atom is -0.369 e. The summed E-state index contributed by atoms with van der Waals surface area (Å²) in [7, 11) is -7.95. The lowest BCUT2D eigenvalue weighted by atomic mass is 10.1. The van der Waals surface area contributed by atoms with Crippen molar-refractivity contribution in [2.24, 2.45) is 0 Å². The second-order valence-electron chi connectivity index (χ2n) is 8.17. The first-order chi connectivity index (χ1) is 17.5. The molecule has 0 aromatic heterocycles. The van der Waals surface area contributed by atoms with Crippen LogP contribution < -0.4 is 9.80 Å². The lowest BCUT2D eigenvalue weighted by Crippen LogP contribution is -2.49. The molecule has 2 aromatic carbocycles. The minimum absolute atomic E-state index is 0.0102. The SMILES string of the molecule is C#Cc1cc([N+](=O)[O-])cc(S(=O)(=O)N2CCN(c3ccccc3)CC2)c1N(CCBr)CCOS(C)(=O)=O. The number of hydrogen-bond acceptors (Lipinski definition) is 9. The van der Waals surface area contributed by atoms with Gasteiger partial charge in [0.05, 0.1) is 29.0 Å². The highest BCUT2D eigenvalue weighted by Crippen LogP contribution is 2.36. The molecular weight excluding hydrogens is 588 g/mol. The summed E-state index contributed by atoms with van der Waals surface area (Å²) in [6, 6.07) is 11.7. The molecule has 0 atom stereocenters. The molecule has 0 saturated carbocycles. The Morgan fingerprint density at radius 2 is 1.76 bits per heavy atom. The minimum atomic E-state index is -4.21. The maximum atomic E-state index is 13.9. The molecule has 200 valence electrons. The second-order valence-corrected chi connectivity index (χ2v) is 12.5. The van der Waals surface area contributed by atoms with Crippen LogP contribution in [0.5, 0.6) is 0 Å². The molecule has 0 unspecified atom stereocenters. The molecule has 0 bridgehead atoms. The number of nitro benzene ring substituents is 1. The molecular formula is C23H27BrN4O7S2. The molecule has 1 saturated heterocycles. The molecule has 1 heterocycles. The Morgan fingerprint density at radius 1 is 1.11 bits per heavy atom. The number of terminal acetylenes is 1. The van der Waals surface area contributed by atoms with Crippen LogP contribution >= 0.6 is 15.9 Å². The van der Waals surface area contributed by atoms with E-state index in [2.05, 4.69) is 26.8 Å². The second kappa shape index (κ2) is 12.2. The van der Waals surface area contributed by atoms with Gasteiger partial charge in [-0.3, -0.25) is 14.3 Å². The average molecular weight is 616 g/mol. The lowest BCUT2D eigenvalue weighted by Gasteiger charge is -2.36. The topological polar surface area (TPSA) is 130 Å². The van der Waals surface area contributed by atoms with E-state index in [1.807, 2.05) is 30.3 Å². The fraction of sp³-hybridized carbons (Fsp3) is 0.391. The van der Waals surface area contributed by atoms with E-state index < -0.39 is 30.8 Å². The van der Waals surface area contributed by atoms with Gasteiger partial charge in [0.1, 0.15) is 4.90 Å². The van der Waals surface area contributed by atoms with Gasteiger partial charge in [0, 0.05) is 62.4 Å². The maximum absolute atomic E-state index is 13.9. The smallest absolute Gasteiger partial charge is 0.272 e. The van der Waals surface area contributed by atoms with Crippen molar-refractivity contribution in [3.8, 4) is 12.3 Å². The molecule has 3 rings (SSSR count). The number of alkyl halides is 1. The van der Waals surface area contributed by atoms with Crippen LogP contribution in [0.2, 0.25) is 0 Å². The van der Waals surface area contributed by atoms with Gasteiger partial charge in [-0.15, -0.1) is 6.42 Å². The largest absolute Gasteiger partial charge is 0.369 e. The van der Waals surface area contributed by atoms with Crippen molar-refractivity contribution in [1.82, 2.24) is 4.31 Å². The normalized spacial score (nSPS) is 14.8. The summed E-state index contributed by atoms with van der Waals surface area (Å²) in [4.78, 5) is 14.3. The highest BCUT2D eigenvalue weighted by Gasteiger charge is 2.34.